The van der Waals surface area contributed by atoms with Crippen molar-refractivity contribution in [3.63, 3.8) is 0 Å². The minimum absolute atomic E-state index is 0.0700. The number of carbonyl (C=O) groups is 2. The van der Waals surface area contributed by atoms with Crippen molar-refractivity contribution < 1.29 is 24.2 Å². The van der Waals surface area contributed by atoms with Crippen LogP contribution in [0.5, 0.6) is 11.5 Å². The minimum Gasteiger partial charge on any atom is -0.493 e. The van der Waals surface area contributed by atoms with Crippen molar-refractivity contribution in [1.29, 1.82) is 0 Å². The normalized spacial score (nSPS) is 13.1. The molecule has 226 valence electrons. The van der Waals surface area contributed by atoms with Crippen molar-refractivity contribution >= 4 is 28.6 Å². The number of amides is 1. The van der Waals surface area contributed by atoms with E-state index in [1.807, 2.05) is 41.1 Å². The number of benzene rings is 1. The van der Waals surface area contributed by atoms with Gasteiger partial charge in [0.1, 0.15) is 17.3 Å². The van der Waals surface area contributed by atoms with Gasteiger partial charge in [-0.25, -0.2) is 4.98 Å². The lowest BCUT2D eigenvalue weighted by molar-refractivity contribution is -0.137. The summed E-state index contributed by atoms with van der Waals surface area (Å²) in [5, 5.41) is 16.8. The Morgan fingerprint density at radius 1 is 1.09 bits per heavy atom. The van der Waals surface area contributed by atoms with Crippen molar-refractivity contribution in [1.82, 2.24) is 19.9 Å². The van der Waals surface area contributed by atoms with E-state index in [0.717, 1.165) is 47.6 Å². The average molecular weight is 587 g/mol. The van der Waals surface area contributed by atoms with E-state index in [-0.39, 0.29) is 12.3 Å². The molecule has 0 bridgehead atoms. The highest BCUT2D eigenvalue weighted by atomic mass is 16.5. The standard InChI is InChI=1S/C32H38N6O5/c33-11-13-35-30(39)4-2-15-42-27-18-24(20-34-21-27)29(19-31(40)41)38-14-9-23-17-26(7-8-28(23)38)43-16-10-25-6-5-22-3-1-12-36-32(22)37-25/h5-9,14,17-18,20-21,29H,1-4,10-13,15-16,19,33H2,(H,35,39)(H,36,37)(H,40,41). The predicted molar refractivity (Wildman–Crippen MR) is 164 cm³/mol. The first-order chi connectivity index (χ1) is 21.0. The molecule has 0 radical (unpaired) electrons. The third-order valence-electron chi connectivity index (χ3n) is 7.38. The molecule has 0 aliphatic carbocycles. The van der Waals surface area contributed by atoms with E-state index in [1.54, 1.807) is 12.4 Å². The summed E-state index contributed by atoms with van der Waals surface area (Å²) in [5.41, 5.74) is 9.26. The monoisotopic (exact) mass is 586 g/mol. The van der Waals surface area contributed by atoms with Gasteiger partial charge in [-0.2, -0.15) is 0 Å². The van der Waals surface area contributed by atoms with Crippen LogP contribution in [0.15, 0.2) is 61.1 Å². The largest absolute Gasteiger partial charge is 0.493 e. The van der Waals surface area contributed by atoms with E-state index in [9.17, 15) is 14.7 Å². The molecule has 1 aliphatic heterocycles. The maximum Gasteiger partial charge on any atom is 0.305 e. The van der Waals surface area contributed by atoms with Gasteiger partial charge in [0.15, 0.2) is 0 Å². The average Bonchev–Trinajstić information content (AvgIpc) is 3.44. The summed E-state index contributed by atoms with van der Waals surface area (Å²) >= 11 is 0. The van der Waals surface area contributed by atoms with Gasteiger partial charge in [0.2, 0.25) is 5.91 Å². The highest BCUT2D eigenvalue weighted by molar-refractivity contribution is 5.82. The van der Waals surface area contributed by atoms with E-state index < -0.39 is 12.0 Å². The Hall–Kier alpha value is -4.64. The molecule has 3 aromatic heterocycles. The van der Waals surface area contributed by atoms with Crippen molar-refractivity contribution in [2.45, 2.75) is 44.6 Å². The molecule has 0 fully saturated rings. The maximum atomic E-state index is 11.9. The van der Waals surface area contributed by atoms with Crippen LogP contribution in [0, 0.1) is 0 Å². The number of carboxylic acids is 1. The number of aryl methyl sites for hydroxylation is 1. The summed E-state index contributed by atoms with van der Waals surface area (Å²) in [6.07, 6.45) is 8.77. The molecule has 0 spiro atoms. The molecular weight excluding hydrogens is 548 g/mol. The molecule has 0 saturated carbocycles. The Labute approximate surface area is 250 Å². The summed E-state index contributed by atoms with van der Waals surface area (Å²) in [6, 6.07) is 13.3. The second-order valence-corrected chi connectivity index (χ2v) is 10.5. The summed E-state index contributed by atoms with van der Waals surface area (Å²) in [6.45, 7) is 2.64. The third-order valence-corrected chi connectivity index (χ3v) is 7.38. The fourth-order valence-corrected chi connectivity index (χ4v) is 5.25. The van der Waals surface area contributed by atoms with Gasteiger partial charge >= 0.3 is 5.97 Å². The number of ether oxygens (including phenoxy) is 2. The quantitative estimate of drug-likeness (QED) is 0.153. The highest BCUT2D eigenvalue weighted by Crippen LogP contribution is 2.31. The summed E-state index contributed by atoms with van der Waals surface area (Å²) in [4.78, 5) is 32.7. The fraction of sp³-hybridized carbons (Fsp3) is 0.375. The molecule has 1 atom stereocenters. The summed E-state index contributed by atoms with van der Waals surface area (Å²) in [7, 11) is 0. The molecule has 5 N–H and O–H groups in total. The molecule has 11 heteroatoms. The molecular formula is C32H38N6O5. The summed E-state index contributed by atoms with van der Waals surface area (Å²) < 4.78 is 13.8. The van der Waals surface area contributed by atoms with E-state index in [2.05, 4.69) is 27.8 Å². The first kappa shape index (κ1) is 29.8. The van der Waals surface area contributed by atoms with Gasteiger partial charge in [-0.15, -0.1) is 0 Å². The van der Waals surface area contributed by atoms with Crippen LogP contribution in [0.4, 0.5) is 5.82 Å². The van der Waals surface area contributed by atoms with Gasteiger partial charge in [-0.05, 0) is 66.8 Å². The number of hydrogen-bond acceptors (Lipinski definition) is 8. The van der Waals surface area contributed by atoms with Gasteiger partial charge < -0.3 is 35.5 Å². The number of rotatable bonds is 15. The molecule has 1 unspecified atom stereocenters. The highest BCUT2D eigenvalue weighted by Gasteiger charge is 2.21. The number of aliphatic carboxylic acids is 1. The van der Waals surface area contributed by atoms with Gasteiger partial charge in [0.25, 0.3) is 0 Å². The number of hydrogen-bond donors (Lipinski definition) is 4. The number of pyridine rings is 2. The van der Waals surface area contributed by atoms with Crippen molar-refractivity contribution in [2.24, 2.45) is 5.73 Å². The zero-order valence-electron chi connectivity index (χ0n) is 24.1. The van der Waals surface area contributed by atoms with Gasteiger partial charge in [0, 0.05) is 61.5 Å². The van der Waals surface area contributed by atoms with E-state index in [4.69, 9.17) is 20.2 Å². The number of carboxylic acid groups (broad SMARTS) is 1. The van der Waals surface area contributed by atoms with Crippen molar-refractivity contribution in [3.8, 4) is 11.5 Å². The van der Waals surface area contributed by atoms with Crippen LogP contribution in [0.25, 0.3) is 10.9 Å². The number of carbonyl (C=O) groups excluding carboxylic acids is 1. The summed E-state index contributed by atoms with van der Waals surface area (Å²) in [5.74, 6) is 1.25. The van der Waals surface area contributed by atoms with Gasteiger partial charge in [-0.1, -0.05) is 6.07 Å². The van der Waals surface area contributed by atoms with Crippen LogP contribution < -0.4 is 25.8 Å². The second-order valence-electron chi connectivity index (χ2n) is 10.5. The molecule has 0 saturated heterocycles. The Bertz CT molecular complexity index is 1550. The fourth-order valence-electron chi connectivity index (χ4n) is 5.25. The first-order valence-corrected chi connectivity index (χ1v) is 14.7. The van der Waals surface area contributed by atoms with Crippen molar-refractivity contribution in [3.05, 3.63) is 77.9 Å². The first-order valence-electron chi connectivity index (χ1n) is 14.7. The van der Waals surface area contributed by atoms with E-state index in [0.29, 0.717) is 56.9 Å². The molecule has 1 amide bonds. The lowest BCUT2D eigenvalue weighted by Gasteiger charge is -2.20. The number of fused-ring (bicyclic) bond motifs is 2. The molecule has 1 aromatic carbocycles. The Balaban J connectivity index is 1.23. The van der Waals surface area contributed by atoms with Gasteiger partial charge in [0.05, 0.1) is 31.9 Å². The molecule has 5 rings (SSSR count). The van der Waals surface area contributed by atoms with E-state index >= 15 is 0 Å². The van der Waals surface area contributed by atoms with Crippen LogP contribution in [0.3, 0.4) is 0 Å². The number of nitrogens with one attached hydrogen (secondary N) is 2. The number of aromatic nitrogens is 3. The smallest absolute Gasteiger partial charge is 0.305 e. The topological polar surface area (TPSA) is 154 Å². The van der Waals surface area contributed by atoms with Crippen molar-refractivity contribution in [2.75, 3.05) is 38.2 Å². The zero-order valence-corrected chi connectivity index (χ0v) is 24.1. The molecule has 4 aromatic rings. The molecule has 1 aliphatic rings. The number of anilines is 1. The second kappa shape index (κ2) is 14.5. The third kappa shape index (κ3) is 8.01. The Morgan fingerprint density at radius 3 is 2.84 bits per heavy atom. The van der Waals surface area contributed by atoms with Crippen LogP contribution in [-0.4, -0.2) is 64.4 Å². The van der Waals surface area contributed by atoms with Crippen LogP contribution in [0.2, 0.25) is 0 Å². The Kier molecular flexibility index (Phi) is 10.1. The van der Waals surface area contributed by atoms with E-state index in [1.165, 1.54) is 5.56 Å². The zero-order chi connectivity index (χ0) is 30.0. The predicted octanol–water partition coefficient (Wildman–Crippen LogP) is 3.71. The maximum absolute atomic E-state index is 11.9. The lowest BCUT2D eigenvalue weighted by atomic mass is 10.1. The minimum atomic E-state index is -0.924. The molecule has 43 heavy (non-hydrogen) atoms. The van der Waals surface area contributed by atoms with Crippen LogP contribution in [0.1, 0.15) is 48.5 Å². The van der Waals surface area contributed by atoms with Crippen LogP contribution in [-0.2, 0) is 22.4 Å². The SMILES string of the molecule is NCCNC(=O)CCCOc1cncc(C(CC(=O)O)n2ccc3cc(OCCc4ccc5c(n4)NCCC5)ccc32)c1. The number of nitrogens with zero attached hydrogens (tertiary/aromatic N) is 3. The number of nitrogens with two attached hydrogens (primary N) is 1. The molecule has 11 nitrogen and oxygen atoms in total. The molecule has 4 heterocycles. The van der Waals surface area contributed by atoms with Gasteiger partial charge in [-0.3, -0.25) is 14.6 Å². The van der Waals surface area contributed by atoms with Crippen LogP contribution >= 0.6 is 0 Å². The Morgan fingerprint density at radius 2 is 1.98 bits per heavy atom. The lowest BCUT2D eigenvalue weighted by Crippen LogP contribution is -2.29.